The fraction of sp³-hybridized carbons (Fsp3) is 0.667. The van der Waals surface area contributed by atoms with Crippen LogP contribution in [0.25, 0.3) is 0 Å². The molecule has 0 amide bonds. The van der Waals surface area contributed by atoms with Gasteiger partial charge in [-0.1, -0.05) is 18.9 Å². The zero-order valence-corrected chi connectivity index (χ0v) is 11.8. The molecular formula is C12H17NO3S2. The number of sulfonamides is 1. The second kappa shape index (κ2) is 4.92. The lowest BCUT2D eigenvalue weighted by atomic mass is 9.91. The maximum absolute atomic E-state index is 12.6. The zero-order chi connectivity index (χ0) is 12.6. The van der Waals surface area contributed by atoms with Gasteiger partial charge in [0.25, 0.3) is 10.0 Å². The molecule has 2 heterocycles. The summed E-state index contributed by atoms with van der Waals surface area (Å²) in [6.45, 7) is 1.01. The van der Waals surface area contributed by atoms with E-state index in [0.717, 1.165) is 25.7 Å². The second-order valence-corrected chi connectivity index (χ2v) is 7.87. The summed E-state index contributed by atoms with van der Waals surface area (Å²) in [4.78, 5) is 0. The van der Waals surface area contributed by atoms with Crippen LogP contribution in [-0.2, 0) is 14.8 Å². The average molecular weight is 287 g/mol. The van der Waals surface area contributed by atoms with Gasteiger partial charge in [-0.15, -0.1) is 11.3 Å². The van der Waals surface area contributed by atoms with Gasteiger partial charge in [-0.3, -0.25) is 0 Å². The van der Waals surface area contributed by atoms with Crippen molar-refractivity contribution in [3.63, 3.8) is 0 Å². The minimum absolute atomic E-state index is 0.0413. The molecule has 4 nitrogen and oxygen atoms in total. The largest absolute Gasteiger partial charge is 0.375 e. The van der Waals surface area contributed by atoms with Crippen LogP contribution in [0.3, 0.4) is 0 Å². The predicted molar refractivity (Wildman–Crippen MR) is 70.2 cm³/mol. The van der Waals surface area contributed by atoms with Gasteiger partial charge < -0.3 is 4.74 Å². The van der Waals surface area contributed by atoms with E-state index < -0.39 is 10.0 Å². The fourth-order valence-corrected chi connectivity index (χ4v) is 5.67. The molecule has 1 aromatic heterocycles. The highest BCUT2D eigenvalue weighted by molar-refractivity contribution is 7.91. The summed E-state index contributed by atoms with van der Waals surface area (Å²) in [6.07, 6.45) is 4.26. The molecule has 100 valence electrons. The first-order chi connectivity index (χ1) is 8.69. The lowest BCUT2D eigenvalue weighted by Crippen LogP contribution is -2.54. The number of rotatable bonds is 2. The van der Waals surface area contributed by atoms with E-state index in [1.165, 1.54) is 11.3 Å². The monoisotopic (exact) mass is 287 g/mol. The molecule has 1 aliphatic carbocycles. The van der Waals surface area contributed by atoms with Gasteiger partial charge >= 0.3 is 0 Å². The summed E-state index contributed by atoms with van der Waals surface area (Å²) >= 11 is 1.29. The molecule has 18 heavy (non-hydrogen) atoms. The maximum atomic E-state index is 12.6. The molecule has 2 fully saturated rings. The van der Waals surface area contributed by atoms with Crippen molar-refractivity contribution in [2.75, 3.05) is 13.2 Å². The van der Waals surface area contributed by atoms with E-state index in [1.54, 1.807) is 16.4 Å². The quantitative estimate of drug-likeness (QED) is 0.836. The molecule has 1 aromatic rings. The van der Waals surface area contributed by atoms with Crippen LogP contribution in [0.15, 0.2) is 21.7 Å². The van der Waals surface area contributed by atoms with Gasteiger partial charge in [0.05, 0.1) is 18.8 Å². The number of morpholine rings is 1. The van der Waals surface area contributed by atoms with Gasteiger partial charge in [0.1, 0.15) is 4.21 Å². The number of hydrogen-bond donors (Lipinski definition) is 0. The fourth-order valence-electron chi connectivity index (χ4n) is 2.89. The Morgan fingerprint density at radius 1 is 1.33 bits per heavy atom. The molecule has 1 saturated carbocycles. The smallest absolute Gasteiger partial charge is 0.252 e. The highest BCUT2D eigenvalue weighted by Crippen LogP contribution is 2.33. The summed E-state index contributed by atoms with van der Waals surface area (Å²) in [5.41, 5.74) is 0. The van der Waals surface area contributed by atoms with Crippen molar-refractivity contribution in [3.05, 3.63) is 17.5 Å². The van der Waals surface area contributed by atoms with E-state index in [1.807, 2.05) is 5.38 Å². The van der Waals surface area contributed by atoms with Crippen LogP contribution in [-0.4, -0.2) is 38.0 Å². The highest BCUT2D eigenvalue weighted by Gasteiger charge is 2.41. The van der Waals surface area contributed by atoms with Crippen molar-refractivity contribution in [3.8, 4) is 0 Å². The Bertz CT molecular complexity index is 495. The molecule has 6 heteroatoms. The van der Waals surface area contributed by atoms with Crippen molar-refractivity contribution in [2.45, 2.75) is 42.0 Å². The Labute approximate surface area is 112 Å². The first-order valence-corrected chi connectivity index (χ1v) is 8.68. The molecule has 3 rings (SSSR count). The third-order valence-electron chi connectivity index (χ3n) is 3.74. The molecule has 0 spiro atoms. The third-order valence-corrected chi connectivity index (χ3v) is 7.04. The van der Waals surface area contributed by atoms with Crippen LogP contribution in [0.2, 0.25) is 0 Å². The van der Waals surface area contributed by atoms with E-state index >= 15 is 0 Å². The Morgan fingerprint density at radius 3 is 2.94 bits per heavy atom. The SMILES string of the molecule is O=S(=O)(c1cccs1)N1CCO[C@H]2CCCC[C@@H]21. The van der Waals surface area contributed by atoms with Gasteiger partial charge in [0, 0.05) is 6.54 Å². The molecule has 0 N–H and O–H groups in total. The Morgan fingerprint density at radius 2 is 2.17 bits per heavy atom. The van der Waals surface area contributed by atoms with Crippen molar-refractivity contribution in [1.29, 1.82) is 0 Å². The van der Waals surface area contributed by atoms with Crippen molar-refractivity contribution in [2.24, 2.45) is 0 Å². The number of thiophene rings is 1. The van der Waals surface area contributed by atoms with Gasteiger partial charge in [-0.2, -0.15) is 4.31 Å². The molecule has 2 aliphatic rings. The summed E-state index contributed by atoms with van der Waals surface area (Å²) in [6, 6.07) is 3.52. The summed E-state index contributed by atoms with van der Waals surface area (Å²) in [7, 11) is -3.32. The number of nitrogens with zero attached hydrogens (tertiary/aromatic N) is 1. The molecule has 1 aliphatic heterocycles. The summed E-state index contributed by atoms with van der Waals surface area (Å²) < 4.78 is 33.0. The summed E-state index contributed by atoms with van der Waals surface area (Å²) in [5, 5.41) is 1.81. The molecular weight excluding hydrogens is 270 g/mol. The van der Waals surface area contributed by atoms with Crippen LogP contribution < -0.4 is 0 Å². The highest BCUT2D eigenvalue weighted by atomic mass is 32.2. The predicted octanol–water partition coefficient (Wildman–Crippen LogP) is 2.08. The zero-order valence-electron chi connectivity index (χ0n) is 10.1. The van der Waals surface area contributed by atoms with E-state index in [0.29, 0.717) is 17.4 Å². The average Bonchev–Trinajstić information content (AvgIpc) is 2.92. The van der Waals surface area contributed by atoms with E-state index in [2.05, 4.69) is 0 Å². The van der Waals surface area contributed by atoms with E-state index in [9.17, 15) is 8.42 Å². The van der Waals surface area contributed by atoms with Crippen molar-refractivity contribution < 1.29 is 13.2 Å². The van der Waals surface area contributed by atoms with Gasteiger partial charge in [0.15, 0.2) is 0 Å². The topological polar surface area (TPSA) is 46.6 Å². The van der Waals surface area contributed by atoms with Gasteiger partial charge in [0.2, 0.25) is 0 Å². The Kier molecular flexibility index (Phi) is 3.44. The van der Waals surface area contributed by atoms with E-state index in [-0.39, 0.29) is 12.1 Å². The lowest BCUT2D eigenvalue weighted by Gasteiger charge is -2.42. The molecule has 0 radical (unpaired) electrons. The minimum atomic E-state index is -3.32. The lowest BCUT2D eigenvalue weighted by molar-refractivity contribution is -0.0585. The molecule has 0 unspecified atom stereocenters. The normalized spacial score (nSPS) is 30.0. The minimum Gasteiger partial charge on any atom is -0.375 e. The van der Waals surface area contributed by atoms with Crippen LogP contribution >= 0.6 is 11.3 Å². The first-order valence-electron chi connectivity index (χ1n) is 6.36. The standard InChI is InChI=1S/C12H17NO3S2/c14-18(15,12-6-3-9-17-12)13-7-8-16-11-5-2-1-4-10(11)13/h3,6,9-11H,1-2,4-5,7-8H2/t10-,11-/m0/s1. The number of fused-ring (bicyclic) bond motifs is 1. The molecule has 2 atom stereocenters. The van der Waals surface area contributed by atoms with Crippen molar-refractivity contribution >= 4 is 21.4 Å². The van der Waals surface area contributed by atoms with Crippen molar-refractivity contribution in [1.82, 2.24) is 4.31 Å². The maximum Gasteiger partial charge on any atom is 0.252 e. The van der Waals surface area contributed by atoms with Crippen LogP contribution in [0, 0.1) is 0 Å². The Hall–Kier alpha value is -0.430. The van der Waals surface area contributed by atoms with Gasteiger partial charge in [-0.25, -0.2) is 8.42 Å². The first kappa shape index (κ1) is 12.6. The third kappa shape index (κ3) is 2.11. The summed E-state index contributed by atoms with van der Waals surface area (Å²) in [5.74, 6) is 0. The molecule has 1 saturated heterocycles. The van der Waals surface area contributed by atoms with E-state index in [4.69, 9.17) is 4.74 Å². The second-order valence-electron chi connectivity index (χ2n) is 4.81. The Balaban J connectivity index is 1.90. The van der Waals surface area contributed by atoms with Crippen LogP contribution in [0.1, 0.15) is 25.7 Å². The molecule has 0 aromatic carbocycles. The number of hydrogen-bond acceptors (Lipinski definition) is 4. The van der Waals surface area contributed by atoms with Crippen LogP contribution in [0.4, 0.5) is 0 Å². The van der Waals surface area contributed by atoms with Gasteiger partial charge in [-0.05, 0) is 24.3 Å². The number of ether oxygens (including phenoxy) is 1. The van der Waals surface area contributed by atoms with Crippen LogP contribution in [0.5, 0.6) is 0 Å². The molecule has 0 bridgehead atoms.